The number of aliphatic hydroxyl groups excluding tert-OH is 2. The maximum Gasteiger partial charge on any atom is 0.312 e. The minimum atomic E-state index is -1.97. The van der Waals surface area contributed by atoms with Crippen LogP contribution in [-0.4, -0.2) is 111 Å². The predicted octanol–water partition coefficient (Wildman–Crippen LogP) is 4.51. The molecule has 2 fully saturated rings. The average Bonchev–Trinajstić information content (AvgIpc) is 3.82. The number of aliphatic imine (C=N–C) groups is 1. The number of nitrogens with one attached hydrogen (secondary N) is 2. The van der Waals surface area contributed by atoms with Gasteiger partial charge in [0.25, 0.3) is 11.7 Å². The van der Waals surface area contributed by atoms with E-state index >= 15 is 0 Å². The molecule has 61 heavy (non-hydrogen) atoms. The van der Waals surface area contributed by atoms with Crippen LogP contribution in [-0.2, 0) is 23.8 Å². The number of aromatic hydroxyl groups is 1. The quantitative estimate of drug-likeness (QED) is 0.260. The molecule has 7 bridgehead atoms. The lowest BCUT2D eigenvalue weighted by Gasteiger charge is -2.38. The number of phenolic OH excluding ortho intramolecular Hbond substituents is 1. The molecule has 1 spiro atoms. The third kappa shape index (κ3) is 7.61. The molecule has 330 valence electrons. The van der Waals surface area contributed by atoms with Crippen molar-refractivity contribution in [2.75, 3.05) is 14.2 Å². The SMILES string of the molecule is CO[C@H]1/C=C/O[C@@]2(C)Oc3c(C)c(O)c4c(c3C2=O)C2=N[C@]3(CC[C@H]5CC[C@@H](C3)N5C)NC2=C(NC(=O)/C(C)=C\C=C\[C@H](C)[C@H](O)[C@@H](C)[C@@H](O)[C@@H](C)[C@H](OC(C)=O)[C@@H]1C)C4=O. The Hall–Kier alpha value is -4.83. The number of nitrogens with zero attached hydrogens (tertiary/aromatic N) is 2. The van der Waals surface area contributed by atoms with Crippen LogP contribution in [0, 0.1) is 30.6 Å². The molecule has 6 aliphatic rings. The first-order valence-corrected chi connectivity index (χ1v) is 21.3. The largest absolute Gasteiger partial charge is 0.507 e. The first kappa shape index (κ1) is 44.2. The minimum Gasteiger partial charge on any atom is -0.507 e. The summed E-state index contributed by atoms with van der Waals surface area (Å²) >= 11 is 0. The molecule has 12 atom stereocenters. The van der Waals surface area contributed by atoms with E-state index in [0.717, 1.165) is 19.3 Å². The number of phenols is 1. The van der Waals surface area contributed by atoms with Gasteiger partial charge >= 0.3 is 11.8 Å². The van der Waals surface area contributed by atoms with E-state index < -0.39 is 88.7 Å². The van der Waals surface area contributed by atoms with Crippen LogP contribution in [0.15, 0.2) is 52.5 Å². The van der Waals surface area contributed by atoms with Crippen molar-refractivity contribution in [2.24, 2.45) is 28.7 Å². The molecule has 1 aliphatic carbocycles. The number of allylic oxidation sites excluding steroid dienone is 4. The summed E-state index contributed by atoms with van der Waals surface area (Å²) in [6, 6.07) is 0.588. The average molecular weight is 845 g/mol. The Morgan fingerprint density at radius 1 is 0.951 bits per heavy atom. The number of amides is 1. The third-order valence-corrected chi connectivity index (χ3v) is 14.1. The van der Waals surface area contributed by atoms with Gasteiger partial charge in [0.15, 0.2) is 0 Å². The zero-order valence-corrected chi connectivity index (χ0v) is 36.7. The topological polar surface area (TPSA) is 206 Å². The van der Waals surface area contributed by atoms with Crippen molar-refractivity contribution in [3.63, 3.8) is 0 Å². The zero-order valence-electron chi connectivity index (χ0n) is 36.7. The first-order valence-electron chi connectivity index (χ1n) is 21.3. The van der Waals surface area contributed by atoms with Crippen molar-refractivity contribution >= 4 is 29.2 Å². The molecule has 1 aromatic rings. The Labute approximate surface area is 356 Å². The second kappa shape index (κ2) is 16.5. The second-order valence-corrected chi connectivity index (χ2v) is 18.1. The smallest absolute Gasteiger partial charge is 0.312 e. The molecule has 5 aliphatic heterocycles. The van der Waals surface area contributed by atoms with Crippen molar-refractivity contribution in [3.8, 4) is 11.5 Å². The molecular formula is C46H60N4O11. The Morgan fingerprint density at radius 3 is 2.34 bits per heavy atom. The van der Waals surface area contributed by atoms with Gasteiger partial charge in [0.1, 0.15) is 29.0 Å². The van der Waals surface area contributed by atoms with Crippen LogP contribution in [0.25, 0.3) is 0 Å². The molecule has 2 saturated heterocycles. The molecule has 0 saturated carbocycles. The van der Waals surface area contributed by atoms with Crippen LogP contribution in [0.2, 0.25) is 0 Å². The van der Waals surface area contributed by atoms with E-state index in [1.54, 1.807) is 65.8 Å². The number of fused-ring (bicyclic) bond motifs is 5. The van der Waals surface area contributed by atoms with Crippen molar-refractivity contribution in [1.29, 1.82) is 0 Å². The number of methoxy groups -OCH3 is 1. The number of carbonyl (C=O) groups excluding carboxylic acids is 4. The summed E-state index contributed by atoms with van der Waals surface area (Å²) in [5.74, 6) is -7.19. The number of ketones is 2. The van der Waals surface area contributed by atoms with Crippen molar-refractivity contribution < 1.29 is 53.4 Å². The fourth-order valence-electron chi connectivity index (χ4n) is 10.2. The van der Waals surface area contributed by atoms with Gasteiger partial charge in [-0.3, -0.25) is 24.2 Å². The lowest BCUT2D eigenvalue weighted by Crippen LogP contribution is -2.46. The van der Waals surface area contributed by atoms with Crippen LogP contribution >= 0.6 is 0 Å². The Kier molecular flexibility index (Phi) is 11.9. The van der Waals surface area contributed by atoms with Crippen molar-refractivity contribution in [3.05, 3.63) is 69.8 Å². The monoisotopic (exact) mass is 844 g/mol. The summed E-state index contributed by atoms with van der Waals surface area (Å²) in [6.45, 7) is 12.9. The maximum atomic E-state index is 14.8. The Balaban J connectivity index is 1.37. The van der Waals surface area contributed by atoms with Gasteiger partial charge in [-0.25, -0.2) is 0 Å². The predicted molar refractivity (Wildman–Crippen MR) is 225 cm³/mol. The molecular weight excluding hydrogens is 785 g/mol. The molecule has 1 amide bonds. The highest BCUT2D eigenvalue weighted by atomic mass is 16.7. The summed E-state index contributed by atoms with van der Waals surface area (Å²) in [5.41, 5.74) is -0.103. The van der Waals surface area contributed by atoms with Crippen LogP contribution in [0.1, 0.15) is 112 Å². The van der Waals surface area contributed by atoms with Gasteiger partial charge in [-0.2, -0.15) is 0 Å². The van der Waals surface area contributed by atoms with E-state index in [1.165, 1.54) is 27.2 Å². The highest BCUT2D eigenvalue weighted by Gasteiger charge is 2.55. The number of benzene rings is 1. The number of esters is 1. The number of carbonyl (C=O) groups is 4. The van der Waals surface area contributed by atoms with E-state index in [9.17, 15) is 34.5 Å². The van der Waals surface area contributed by atoms with Crippen molar-refractivity contribution in [1.82, 2.24) is 15.5 Å². The maximum absolute atomic E-state index is 14.8. The molecule has 5 heterocycles. The van der Waals surface area contributed by atoms with Crippen LogP contribution < -0.4 is 15.4 Å². The van der Waals surface area contributed by atoms with Gasteiger partial charge in [0.05, 0.1) is 47.1 Å². The number of ether oxygens (including phenoxy) is 4. The zero-order chi connectivity index (χ0) is 44.5. The Morgan fingerprint density at radius 2 is 1.66 bits per heavy atom. The summed E-state index contributed by atoms with van der Waals surface area (Å²) < 4.78 is 24.0. The van der Waals surface area contributed by atoms with E-state index in [0.29, 0.717) is 18.9 Å². The summed E-state index contributed by atoms with van der Waals surface area (Å²) in [7, 11) is 3.59. The summed E-state index contributed by atoms with van der Waals surface area (Å²) in [4.78, 5) is 63.6. The van der Waals surface area contributed by atoms with Crippen LogP contribution in [0.4, 0.5) is 0 Å². The summed E-state index contributed by atoms with van der Waals surface area (Å²) in [5, 5.41) is 41.2. The van der Waals surface area contributed by atoms with E-state index in [1.807, 2.05) is 0 Å². The number of Topliss-reactive ketones (excluding diaryl/α,β-unsaturated/α-hetero) is 2. The number of hydrogen-bond donors (Lipinski definition) is 5. The number of rotatable bonds is 2. The summed E-state index contributed by atoms with van der Waals surface area (Å²) in [6.07, 6.45) is 8.09. The van der Waals surface area contributed by atoms with E-state index in [2.05, 4.69) is 22.6 Å². The van der Waals surface area contributed by atoms with E-state index in [4.69, 9.17) is 23.9 Å². The van der Waals surface area contributed by atoms with E-state index in [-0.39, 0.29) is 56.7 Å². The van der Waals surface area contributed by atoms with Gasteiger partial charge in [-0.1, -0.05) is 45.9 Å². The normalized spacial score (nSPS) is 38.7. The molecule has 1 aromatic carbocycles. The fourth-order valence-corrected chi connectivity index (χ4v) is 10.2. The van der Waals surface area contributed by atoms with Crippen LogP contribution in [0.5, 0.6) is 11.5 Å². The molecule has 7 rings (SSSR count). The first-order chi connectivity index (χ1) is 28.7. The lowest BCUT2D eigenvalue weighted by molar-refractivity contribution is -0.160. The molecule has 15 heteroatoms. The fraction of sp³-hybridized carbons (Fsp3) is 0.587. The van der Waals surface area contributed by atoms with Gasteiger partial charge in [0.2, 0.25) is 5.78 Å². The Bertz CT molecular complexity index is 2180. The molecule has 0 aromatic heterocycles. The number of hydrogen-bond acceptors (Lipinski definition) is 14. The third-order valence-electron chi connectivity index (χ3n) is 14.1. The molecule has 5 N–H and O–H groups in total. The lowest BCUT2D eigenvalue weighted by atomic mass is 9.78. The van der Waals surface area contributed by atoms with Crippen LogP contribution in [0.3, 0.4) is 0 Å². The minimum absolute atomic E-state index is 0.0257. The highest BCUT2D eigenvalue weighted by Crippen LogP contribution is 2.51. The van der Waals surface area contributed by atoms with Gasteiger partial charge in [0, 0.05) is 79.8 Å². The number of aliphatic hydroxyl groups is 2. The second-order valence-electron chi connectivity index (χ2n) is 18.1. The van der Waals surface area contributed by atoms with Gasteiger partial charge in [-0.05, 0) is 52.7 Å². The standard InChI is InChI=1S/C46H60N4O11/c1-21-12-11-13-22(2)44(57)47-36-35-34(48-46(49-35)18-16-28-14-15-29(20-46)50(28)9)31-32(40(36)55)39(54)26(6)42-33(31)43(56)45(8,61-42)59-19-17-30(58-10)23(3)41(60-27(7)51)25(5)38(53)24(4)37(21)52/h11-13,17,19,21,23-25,28-30,37-38,41,49,52-54H,14-16,18,20H2,1-10H3,(H,47,57)/b12-11+,19-17+,22-13-/t21-,23+,24+,25+,28+,29-,30-,37-,38+,41+,45-,46+/m0/s1. The molecule has 15 nitrogen and oxygen atoms in total. The van der Waals surface area contributed by atoms with Gasteiger partial charge < -0.3 is 49.8 Å². The molecule has 0 radical (unpaired) electrons. The van der Waals surface area contributed by atoms with Gasteiger partial charge in [-0.15, -0.1) is 0 Å². The molecule has 0 unspecified atom stereocenters. The van der Waals surface area contributed by atoms with Crippen molar-refractivity contribution in [2.45, 2.75) is 135 Å². The highest BCUT2D eigenvalue weighted by molar-refractivity contribution is 6.34.